The number of nitrogens with zero attached hydrogens (tertiary/aromatic N) is 1. The van der Waals surface area contributed by atoms with Gasteiger partial charge in [0.25, 0.3) is 0 Å². The summed E-state index contributed by atoms with van der Waals surface area (Å²) in [5.74, 6) is -0.602. The van der Waals surface area contributed by atoms with E-state index in [2.05, 4.69) is 0 Å². The average molecular weight is 269 g/mol. The number of benzene rings is 1. The summed E-state index contributed by atoms with van der Waals surface area (Å²) in [6, 6.07) is 6.44. The molecule has 0 spiro atoms. The molecule has 0 aliphatic carbocycles. The summed E-state index contributed by atoms with van der Waals surface area (Å²) in [7, 11) is -3.27. The van der Waals surface area contributed by atoms with Crippen LogP contribution in [0.25, 0.3) is 5.76 Å². The van der Waals surface area contributed by atoms with Gasteiger partial charge in [-0.05, 0) is 19.1 Å². The number of aliphatic hydroxyl groups is 1. The standard InChI is InChI=1S/C12H15NO4S/c1-3-13-11(8(2)14)12(15)9-6-4-5-7-10(9)18(13,16)17/h4-7,15-17H,3H2,1-2H3. The van der Waals surface area contributed by atoms with Crippen molar-refractivity contribution >= 4 is 22.3 Å². The van der Waals surface area contributed by atoms with E-state index in [0.717, 1.165) is 4.31 Å². The lowest BCUT2D eigenvalue weighted by molar-refractivity contribution is -0.114. The molecule has 0 radical (unpaired) electrons. The number of carbonyl (C=O) groups is 1. The first-order valence-corrected chi connectivity index (χ1v) is 7.01. The molecule has 2 rings (SSSR count). The number of rotatable bonds is 2. The van der Waals surface area contributed by atoms with E-state index >= 15 is 0 Å². The molecule has 0 saturated heterocycles. The Morgan fingerprint density at radius 3 is 2.50 bits per heavy atom. The molecular formula is C12H15NO4S. The number of likely N-dealkylation sites (N-methyl/N-ethyl adjacent to an activating group) is 1. The molecule has 3 N–H and O–H groups in total. The van der Waals surface area contributed by atoms with E-state index in [1.807, 2.05) is 0 Å². The minimum Gasteiger partial charge on any atom is -0.505 e. The van der Waals surface area contributed by atoms with Crippen LogP contribution in [0.5, 0.6) is 0 Å². The van der Waals surface area contributed by atoms with E-state index in [1.165, 1.54) is 6.92 Å². The van der Waals surface area contributed by atoms with Gasteiger partial charge in [-0.2, -0.15) is 0 Å². The molecule has 0 bridgehead atoms. The van der Waals surface area contributed by atoms with Crippen LogP contribution in [0.2, 0.25) is 0 Å². The number of aliphatic hydroxyl groups excluding tert-OH is 1. The molecule has 1 aliphatic rings. The molecular weight excluding hydrogens is 254 g/mol. The van der Waals surface area contributed by atoms with Crippen LogP contribution in [0.1, 0.15) is 19.4 Å². The van der Waals surface area contributed by atoms with Gasteiger partial charge in [-0.3, -0.25) is 18.2 Å². The van der Waals surface area contributed by atoms with Gasteiger partial charge >= 0.3 is 0 Å². The molecule has 0 amide bonds. The van der Waals surface area contributed by atoms with Gasteiger partial charge in [-0.1, -0.05) is 22.9 Å². The topological polar surface area (TPSA) is 81.0 Å². The summed E-state index contributed by atoms with van der Waals surface area (Å²) >= 11 is 0. The van der Waals surface area contributed by atoms with E-state index in [-0.39, 0.29) is 22.9 Å². The van der Waals surface area contributed by atoms with Crippen molar-refractivity contribution in [3.63, 3.8) is 0 Å². The van der Waals surface area contributed by atoms with Crippen LogP contribution in [-0.4, -0.2) is 30.8 Å². The highest BCUT2D eigenvalue weighted by Crippen LogP contribution is 2.59. The average Bonchev–Trinajstić information content (AvgIpc) is 2.33. The lowest BCUT2D eigenvalue weighted by Crippen LogP contribution is -2.34. The quantitative estimate of drug-likeness (QED) is 0.769. The van der Waals surface area contributed by atoms with Crippen molar-refractivity contribution in [2.75, 3.05) is 6.54 Å². The second kappa shape index (κ2) is 4.31. The Kier molecular flexibility index (Phi) is 3.10. The van der Waals surface area contributed by atoms with Crippen molar-refractivity contribution in [1.29, 1.82) is 0 Å². The zero-order valence-corrected chi connectivity index (χ0v) is 10.9. The van der Waals surface area contributed by atoms with Crippen LogP contribution in [0.15, 0.2) is 34.9 Å². The van der Waals surface area contributed by atoms with E-state index in [9.17, 15) is 19.0 Å². The van der Waals surface area contributed by atoms with Gasteiger partial charge < -0.3 is 5.11 Å². The van der Waals surface area contributed by atoms with Gasteiger partial charge in [0.1, 0.15) is 5.70 Å². The molecule has 5 nitrogen and oxygen atoms in total. The highest BCUT2D eigenvalue weighted by molar-refractivity contribution is 8.22. The maximum absolute atomic E-state index is 11.6. The Bertz CT molecular complexity index is 539. The first-order chi connectivity index (χ1) is 8.41. The van der Waals surface area contributed by atoms with Gasteiger partial charge in [0.15, 0.2) is 11.5 Å². The number of carbonyl (C=O) groups excluding carboxylic acids is 1. The van der Waals surface area contributed by atoms with Gasteiger partial charge in [0, 0.05) is 19.0 Å². The second-order valence-electron chi connectivity index (χ2n) is 3.96. The number of Topliss-reactive ketones (excluding diaryl/α,β-unsaturated/α-hetero) is 1. The molecule has 1 aromatic rings. The number of hydrogen-bond acceptors (Lipinski definition) is 5. The molecule has 0 aromatic heterocycles. The monoisotopic (exact) mass is 269 g/mol. The van der Waals surface area contributed by atoms with Crippen molar-refractivity contribution in [1.82, 2.24) is 4.31 Å². The van der Waals surface area contributed by atoms with Crippen molar-refractivity contribution in [2.45, 2.75) is 18.7 Å². The molecule has 98 valence electrons. The van der Waals surface area contributed by atoms with Crippen molar-refractivity contribution in [3.8, 4) is 0 Å². The summed E-state index contributed by atoms with van der Waals surface area (Å²) in [5, 5.41) is 10.1. The zero-order valence-electron chi connectivity index (χ0n) is 10.1. The molecule has 6 heteroatoms. The number of ketones is 1. The number of allylic oxidation sites excluding steroid dienone is 1. The lowest BCUT2D eigenvalue weighted by Gasteiger charge is -2.47. The Labute approximate surface area is 107 Å². The highest BCUT2D eigenvalue weighted by Gasteiger charge is 2.37. The van der Waals surface area contributed by atoms with Crippen LogP contribution >= 0.6 is 10.8 Å². The minimum atomic E-state index is -3.27. The lowest BCUT2D eigenvalue weighted by atomic mass is 10.1. The fourth-order valence-electron chi connectivity index (χ4n) is 2.07. The van der Waals surface area contributed by atoms with Gasteiger partial charge in [-0.25, -0.2) is 0 Å². The summed E-state index contributed by atoms with van der Waals surface area (Å²) in [6.45, 7) is 3.20. The maximum atomic E-state index is 11.6. The van der Waals surface area contributed by atoms with E-state index < -0.39 is 16.6 Å². The van der Waals surface area contributed by atoms with Crippen LogP contribution < -0.4 is 0 Å². The minimum absolute atomic E-state index is 0.0452. The second-order valence-corrected chi connectivity index (χ2v) is 5.88. The van der Waals surface area contributed by atoms with Crippen molar-refractivity contribution < 1.29 is 19.0 Å². The molecule has 0 atom stereocenters. The first-order valence-electron chi connectivity index (χ1n) is 5.50. The fraction of sp³-hybridized carbons (Fsp3) is 0.250. The van der Waals surface area contributed by atoms with Gasteiger partial charge in [0.05, 0.1) is 4.90 Å². The number of hydrogen-bond donors (Lipinski definition) is 3. The third-order valence-corrected chi connectivity index (χ3v) is 4.84. The summed E-state index contributed by atoms with van der Waals surface area (Å²) in [5.41, 5.74) is 0.253. The normalized spacial score (nSPS) is 19.4. The smallest absolute Gasteiger partial charge is 0.181 e. The van der Waals surface area contributed by atoms with E-state index in [4.69, 9.17) is 0 Å². The maximum Gasteiger partial charge on any atom is 0.181 e. The Morgan fingerprint density at radius 2 is 1.94 bits per heavy atom. The molecule has 0 fully saturated rings. The Balaban J connectivity index is 2.77. The van der Waals surface area contributed by atoms with Crippen molar-refractivity contribution in [3.05, 3.63) is 35.5 Å². The highest BCUT2D eigenvalue weighted by atomic mass is 32.3. The Morgan fingerprint density at radius 1 is 1.33 bits per heavy atom. The third-order valence-electron chi connectivity index (χ3n) is 2.84. The zero-order chi connectivity index (χ0) is 13.5. The van der Waals surface area contributed by atoms with Crippen LogP contribution in [-0.2, 0) is 4.79 Å². The number of fused-ring (bicyclic) bond motifs is 1. The predicted molar refractivity (Wildman–Crippen MR) is 70.2 cm³/mol. The van der Waals surface area contributed by atoms with Crippen LogP contribution in [0.4, 0.5) is 0 Å². The largest absolute Gasteiger partial charge is 0.505 e. The molecule has 1 heterocycles. The first kappa shape index (κ1) is 12.9. The van der Waals surface area contributed by atoms with E-state index in [0.29, 0.717) is 5.56 Å². The molecule has 1 aliphatic heterocycles. The van der Waals surface area contributed by atoms with Crippen molar-refractivity contribution in [2.24, 2.45) is 0 Å². The van der Waals surface area contributed by atoms with Gasteiger partial charge in [-0.15, -0.1) is 0 Å². The summed E-state index contributed by atoms with van der Waals surface area (Å²) in [4.78, 5) is 11.9. The fourth-order valence-corrected chi connectivity index (χ4v) is 3.86. The summed E-state index contributed by atoms with van der Waals surface area (Å²) < 4.78 is 21.7. The SMILES string of the molecule is CCN1C(C(C)=O)=C(O)c2ccccc2S1(O)O. The molecule has 0 unspecified atom stereocenters. The molecule has 1 aromatic carbocycles. The summed E-state index contributed by atoms with van der Waals surface area (Å²) in [6.07, 6.45) is 0. The van der Waals surface area contributed by atoms with Crippen LogP contribution in [0, 0.1) is 0 Å². The third kappa shape index (κ3) is 1.69. The Hall–Kier alpha value is -1.50. The predicted octanol–water partition coefficient (Wildman–Crippen LogP) is 2.86. The molecule has 18 heavy (non-hydrogen) atoms. The van der Waals surface area contributed by atoms with E-state index in [1.54, 1.807) is 31.2 Å². The van der Waals surface area contributed by atoms with Crippen LogP contribution in [0.3, 0.4) is 0 Å². The van der Waals surface area contributed by atoms with Gasteiger partial charge in [0.2, 0.25) is 0 Å². The molecule has 0 saturated carbocycles.